The van der Waals surface area contributed by atoms with Crippen LogP contribution in [0.15, 0.2) is 30.3 Å². The lowest BCUT2D eigenvalue weighted by Gasteiger charge is -2.06. The van der Waals surface area contributed by atoms with E-state index in [0.717, 1.165) is 0 Å². The molecule has 0 unspecified atom stereocenters. The summed E-state index contributed by atoms with van der Waals surface area (Å²) in [4.78, 5) is 11.3. The lowest BCUT2D eigenvalue weighted by atomic mass is 10.2. The van der Waals surface area contributed by atoms with Crippen LogP contribution in [-0.4, -0.2) is 15.7 Å². The normalized spacial score (nSPS) is 9.88. The van der Waals surface area contributed by atoms with Gasteiger partial charge in [0.05, 0.1) is 16.9 Å². The molecule has 0 aliphatic heterocycles. The molecule has 0 aliphatic carbocycles. The largest absolute Gasteiger partial charge is 0.364 e. The second-order valence-electron chi connectivity index (χ2n) is 3.58. The zero-order chi connectivity index (χ0) is 12.4. The molecule has 5 nitrogen and oxygen atoms in total. The number of aryl methyl sites for hydroxylation is 1. The first-order chi connectivity index (χ1) is 8.13. The molecule has 1 heterocycles. The van der Waals surface area contributed by atoms with Gasteiger partial charge in [0.25, 0.3) is 5.91 Å². The van der Waals surface area contributed by atoms with Gasteiger partial charge in [0.15, 0.2) is 0 Å². The number of benzene rings is 1. The van der Waals surface area contributed by atoms with Crippen LogP contribution in [0.4, 0.5) is 0 Å². The van der Waals surface area contributed by atoms with Crippen molar-refractivity contribution in [3.63, 3.8) is 0 Å². The molecule has 5 heteroatoms. The molecule has 17 heavy (non-hydrogen) atoms. The number of carbonyl (C=O) groups is 1. The van der Waals surface area contributed by atoms with Gasteiger partial charge in [-0.2, -0.15) is 10.4 Å². The summed E-state index contributed by atoms with van der Waals surface area (Å²) < 4.78 is 1.40. The zero-order valence-electron chi connectivity index (χ0n) is 9.21. The van der Waals surface area contributed by atoms with Crippen molar-refractivity contribution < 1.29 is 4.79 Å². The molecule has 0 bridgehead atoms. The monoisotopic (exact) mass is 226 g/mol. The van der Waals surface area contributed by atoms with Gasteiger partial charge in [0.1, 0.15) is 11.8 Å². The number of aromatic nitrogens is 2. The highest BCUT2D eigenvalue weighted by Gasteiger charge is 2.14. The Bertz CT molecular complexity index is 622. The molecule has 2 N–H and O–H groups in total. The van der Waals surface area contributed by atoms with E-state index < -0.39 is 5.91 Å². The molecule has 0 atom stereocenters. The van der Waals surface area contributed by atoms with Gasteiger partial charge in [-0.25, -0.2) is 4.68 Å². The Morgan fingerprint density at radius 3 is 2.82 bits per heavy atom. The molecule has 0 radical (unpaired) electrons. The van der Waals surface area contributed by atoms with Gasteiger partial charge in [0.2, 0.25) is 0 Å². The van der Waals surface area contributed by atoms with Crippen molar-refractivity contribution in [2.75, 3.05) is 0 Å². The summed E-state index contributed by atoms with van der Waals surface area (Å²) in [6, 6.07) is 10.6. The van der Waals surface area contributed by atoms with E-state index in [-0.39, 0.29) is 5.69 Å². The van der Waals surface area contributed by atoms with Crippen molar-refractivity contribution in [3.8, 4) is 11.8 Å². The average molecular weight is 226 g/mol. The van der Waals surface area contributed by atoms with Crippen LogP contribution in [0.25, 0.3) is 5.69 Å². The minimum Gasteiger partial charge on any atom is -0.364 e. The number of primary amides is 1. The van der Waals surface area contributed by atoms with Crippen molar-refractivity contribution in [1.82, 2.24) is 9.78 Å². The number of amides is 1. The van der Waals surface area contributed by atoms with Crippen molar-refractivity contribution in [3.05, 3.63) is 47.3 Å². The zero-order valence-corrected chi connectivity index (χ0v) is 9.21. The molecule has 1 aromatic carbocycles. The number of nitrogens with zero attached hydrogens (tertiary/aromatic N) is 3. The third kappa shape index (κ3) is 1.88. The van der Waals surface area contributed by atoms with E-state index in [0.29, 0.717) is 16.9 Å². The standard InChI is InChI=1S/C12H10N4O/c1-8-6-11(12(14)17)16(15-8)10-5-3-2-4-9(10)7-13/h2-6H,1H3,(H2,14,17). The molecule has 2 rings (SSSR count). The Kier molecular flexibility index (Phi) is 2.63. The van der Waals surface area contributed by atoms with Crippen LogP contribution >= 0.6 is 0 Å². The first-order valence-electron chi connectivity index (χ1n) is 4.99. The number of hydrogen-bond acceptors (Lipinski definition) is 3. The molecule has 0 saturated carbocycles. The second-order valence-corrected chi connectivity index (χ2v) is 3.58. The number of nitriles is 1. The minimum atomic E-state index is -0.571. The molecule has 0 spiro atoms. The van der Waals surface area contributed by atoms with Gasteiger partial charge in [-0.1, -0.05) is 12.1 Å². The van der Waals surface area contributed by atoms with Crippen LogP contribution in [0.5, 0.6) is 0 Å². The van der Waals surface area contributed by atoms with Crippen LogP contribution < -0.4 is 5.73 Å². The third-order valence-electron chi connectivity index (χ3n) is 2.34. The lowest BCUT2D eigenvalue weighted by Crippen LogP contribution is -2.17. The SMILES string of the molecule is Cc1cc(C(N)=O)n(-c2ccccc2C#N)n1. The summed E-state index contributed by atoms with van der Waals surface area (Å²) in [5, 5.41) is 13.2. The van der Waals surface area contributed by atoms with E-state index in [1.54, 1.807) is 37.3 Å². The maximum atomic E-state index is 11.3. The van der Waals surface area contributed by atoms with Crippen molar-refractivity contribution in [1.29, 1.82) is 5.26 Å². The Labute approximate surface area is 98.1 Å². The maximum Gasteiger partial charge on any atom is 0.267 e. The maximum absolute atomic E-state index is 11.3. The highest BCUT2D eigenvalue weighted by molar-refractivity contribution is 5.91. The number of rotatable bonds is 2. The minimum absolute atomic E-state index is 0.269. The number of nitrogens with two attached hydrogens (primary N) is 1. The summed E-state index contributed by atoms with van der Waals surface area (Å²) in [5.41, 5.74) is 7.21. The Morgan fingerprint density at radius 1 is 1.47 bits per heavy atom. The quantitative estimate of drug-likeness (QED) is 0.833. The topological polar surface area (TPSA) is 84.7 Å². The fourth-order valence-corrected chi connectivity index (χ4v) is 1.61. The van der Waals surface area contributed by atoms with E-state index >= 15 is 0 Å². The molecular weight excluding hydrogens is 216 g/mol. The molecular formula is C12H10N4O. The van der Waals surface area contributed by atoms with Gasteiger partial charge in [-0.15, -0.1) is 0 Å². The summed E-state index contributed by atoms with van der Waals surface area (Å²) in [6.45, 7) is 1.76. The van der Waals surface area contributed by atoms with E-state index in [1.807, 2.05) is 0 Å². The summed E-state index contributed by atoms with van der Waals surface area (Å²) in [5.74, 6) is -0.571. The van der Waals surface area contributed by atoms with Gasteiger partial charge >= 0.3 is 0 Å². The van der Waals surface area contributed by atoms with Crippen molar-refractivity contribution in [2.45, 2.75) is 6.92 Å². The van der Waals surface area contributed by atoms with Gasteiger partial charge < -0.3 is 5.73 Å². The van der Waals surface area contributed by atoms with Crippen LogP contribution in [-0.2, 0) is 0 Å². The third-order valence-corrected chi connectivity index (χ3v) is 2.34. The highest BCUT2D eigenvalue weighted by atomic mass is 16.1. The predicted octanol–water partition coefficient (Wildman–Crippen LogP) is 1.15. The molecule has 84 valence electrons. The molecule has 0 fully saturated rings. The summed E-state index contributed by atoms with van der Waals surface area (Å²) in [6.07, 6.45) is 0. The smallest absolute Gasteiger partial charge is 0.267 e. The molecule has 0 aliphatic rings. The van der Waals surface area contributed by atoms with Crippen molar-refractivity contribution in [2.24, 2.45) is 5.73 Å². The Balaban J connectivity index is 2.69. The Hall–Kier alpha value is -2.61. The van der Waals surface area contributed by atoms with Crippen LogP contribution in [0.1, 0.15) is 21.7 Å². The Morgan fingerprint density at radius 2 is 2.18 bits per heavy atom. The average Bonchev–Trinajstić information content (AvgIpc) is 2.71. The van der Waals surface area contributed by atoms with E-state index in [9.17, 15) is 4.79 Å². The molecule has 2 aromatic rings. The van der Waals surface area contributed by atoms with E-state index in [4.69, 9.17) is 11.0 Å². The highest BCUT2D eigenvalue weighted by Crippen LogP contribution is 2.16. The number of hydrogen-bond donors (Lipinski definition) is 1. The first kappa shape index (κ1) is 10.9. The fourth-order valence-electron chi connectivity index (χ4n) is 1.61. The van der Waals surface area contributed by atoms with Gasteiger partial charge in [-0.3, -0.25) is 4.79 Å². The van der Waals surface area contributed by atoms with Crippen molar-refractivity contribution >= 4 is 5.91 Å². The summed E-state index contributed by atoms with van der Waals surface area (Å²) >= 11 is 0. The second kappa shape index (κ2) is 4.10. The number of carbonyl (C=O) groups excluding carboxylic acids is 1. The molecule has 1 amide bonds. The number of para-hydroxylation sites is 1. The van der Waals surface area contributed by atoms with Gasteiger partial charge in [-0.05, 0) is 25.1 Å². The summed E-state index contributed by atoms with van der Waals surface area (Å²) in [7, 11) is 0. The van der Waals surface area contributed by atoms with Crippen LogP contribution in [0.2, 0.25) is 0 Å². The molecule has 0 saturated heterocycles. The lowest BCUT2D eigenvalue weighted by molar-refractivity contribution is 0.0993. The van der Waals surface area contributed by atoms with E-state index in [1.165, 1.54) is 4.68 Å². The molecule has 1 aromatic heterocycles. The first-order valence-corrected chi connectivity index (χ1v) is 4.99. The fraction of sp³-hybridized carbons (Fsp3) is 0.0833. The predicted molar refractivity (Wildman–Crippen MR) is 61.5 cm³/mol. The van der Waals surface area contributed by atoms with Gasteiger partial charge in [0, 0.05) is 0 Å². The van der Waals surface area contributed by atoms with Crippen LogP contribution in [0.3, 0.4) is 0 Å². The van der Waals surface area contributed by atoms with E-state index in [2.05, 4.69) is 11.2 Å². The van der Waals surface area contributed by atoms with Crippen LogP contribution in [0, 0.1) is 18.3 Å².